The van der Waals surface area contributed by atoms with E-state index >= 15 is 0 Å². The molecule has 0 atom stereocenters. The molecule has 0 saturated carbocycles. The van der Waals surface area contributed by atoms with Gasteiger partial charge in [0.1, 0.15) is 6.26 Å². The summed E-state index contributed by atoms with van der Waals surface area (Å²) in [7, 11) is 0. The molecule has 3 aromatic rings. The maximum atomic E-state index is 13.1. The Bertz CT molecular complexity index is 931. The molecule has 0 spiro atoms. The number of fused-ring (bicyclic) bond motifs is 1. The Labute approximate surface area is 146 Å². The molecule has 126 valence electrons. The van der Waals surface area contributed by atoms with Crippen LogP contribution in [-0.4, -0.2) is 22.4 Å². The zero-order valence-corrected chi connectivity index (χ0v) is 14.3. The fourth-order valence-corrected chi connectivity index (χ4v) is 3.31. The summed E-state index contributed by atoms with van der Waals surface area (Å²) >= 11 is 0. The first kappa shape index (κ1) is 15.6. The van der Waals surface area contributed by atoms with Gasteiger partial charge in [0.15, 0.2) is 5.69 Å². The van der Waals surface area contributed by atoms with Crippen LogP contribution < -0.4 is 4.90 Å². The number of anilines is 1. The van der Waals surface area contributed by atoms with Crippen LogP contribution in [0.4, 0.5) is 5.69 Å². The van der Waals surface area contributed by atoms with Gasteiger partial charge in [-0.15, -0.1) is 0 Å². The van der Waals surface area contributed by atoms with Crippen LogP contribution in [0.15, 0.2) is 47.3 Å². The Morgan fingerprint density at radius 1 is 1.24 bits per heavy atom. The molecule has 0 bridgehead atoms. The minimum Gasteiger partial charge on any atom is -0.444 e. The van der Waals surface area contributed by atoms with Crippen LogP contribution in [0.5, 0.6) is 0 Å². The maximum Gasteiger partial charge on any atom is 0.280 e. The molecule has 0 fully saturated rings. The van der Waals surface area contributed by atoms with E-state index in [0.717, 1.165) is 29.7 Å². The van der Waals surface area contributed by atoms with E-state index in [-0.39, 0.29) is 5.91 Å². The van der Waals surface area contributed by atoms with Crippen LogP contribution >= 0.6 is 0 Å². The van der Waals surface area contributed by atoms with Gasteiger partial charge in [0.25, 0.3) is 5.91 Å². The fourth-order valence-electron chi connectivity index (χ4n) is 3.31. The Kier molecular flexibility index (Phi) is 3.84. The topological polar surface area (TPSA) is 59.2 Å². The van der Waals surface area contributed by atoms with Gasteiger partial charge in [-0.05, 0) is 55.5 Å². The molecule has 4 rings (SSSR count). The predicted octanol–water partition coefficient (Wildman–Crippen LogP) is 3.95. The number of benzene rings is 1. The molecular weight excluding hydrogens is 314 g/mol. The number of oxazole rings is 1. The van der Waals surface area contributed by atoms with Gasteiger partial charge < -0.3 is 9.32 Å². The van der Waals surface area contributed by atoms with Gasteiger partial charge in [0, 0.05) is 18.9 Å². The summed E-state index contributed by atoms with van der Waals surface area (Å²) in [6, 6.07) is 7.92. The average Bonchev–Trinajstić information content (AvgIpc) is 3.15. The van der Waals surface area contributed by atoms with Crippen LogP contribution in [0.1, 0.15) is 33.6 Å². The van der Waals surface area contributed by atoms with Gasteiger partial charge in [-0.25, -0.2) is 4.98 Å². The molecule has 25 heavy (non-hydrogen) atoms. The van der Waals surface area contributed by atoms with E-state index in [1.807, 2.05) is 17.0 Å². The molecule has 5 heteroatoms. The monoisotopic (exact) mass is 333 g/mol. The van der Waals surface area contributed by atoms with E-state index in [4.69, 9.17) is 4.42 Å². The van der Waals surface area contributed by atoms with Crippen molar-refractivity contribution >= 4 is 11.6 Å². The highest BCUT2D eigenvalue weighted by Gasteiger charge is 2.27. The van der Waals surface area contributed by atoms with Crippen molar-refractivity contribution < 1.29 is 9.21 Å². The van der Waals surface area contributed by atoms with Gasteiger partial charge in [-0.2, -0.15) is 0 Å². The van der Waals surface area contributed by atoms with Crippen LogP contribution in [0, 0.1) is 13.8 Å². The highest BCUT2D eigenvalue weighted by Crippen LogP contribution is 2.33. The minimum absolute atomic E-state index is 0.117. The van der Waals surface area contributed by atoms with E-state index in [0.29, 0.717) is 18.1 Å². The normalized spacial score (nSPS) is 13.6. The first-order chi connectivity index (χ1) is 12.1. The number of aromatic nitrogens is 2. The Morgan fingerprint density at radius 3 is 2.92 bits per heavy atom. The Balaban J connectivity index is 1.70. The Hall–Kier alpha value is -2.95. The molecular formula is C20H19N3O2. The highest BCUT2D eigenvalue weighted by atomic mass is 16.3. The quantitative estimate of drug-likeness (QED) is 0.712. The molecule has 0 saturated heterocycles. The molecule has 1 aliphatic heterocycles. The second-order valence-corrected chi connectivity index (χ2v) is 6.36. The molecule has 0 N–H and O–H groups in total. The maximum absolute atomic E-state index is 13.1. The van der Waals surface area contributed by atoms with Gasteiger partial charge in [0.05, 0.1) is 11.3 Å². The summed E-state index contributed by atoms with van der Waals surface area (Å²) in [5.74, 6) is 0.295. The second kappa shape index (κ2) is 6.16. The summed E-state index contributed by atoms with van der Waals surface area (Å²) in [5.41, 5.74) is 5.68. The molecule has 2 aromatic heterocycles. The number of hydrogen-bond donors (Lipinski definition) is 0. The van der Waals surface area contributed by atoms with Gasteiger partial charge in [0.2, 0.25) is 5.89 Å². The lowest BCUT2D eigenvalue weighted by Crippen LogP contribution is -2.36. The molecule has 0 unspecified atom stereocenters. The zero-order valence-electron chi connectivity index (χ0n) is 14.3. The van der Waals surface area contributed by atoms with Crippen molar-refractivity contribution in [2.75, 3.05) is 11.4 Å². The van der Waals surface area contributed by atoms with E-state index in [1.165, 1.54) is 17.4 Å². The smallest absolute Gasteiger partial charge is 0.280 e. The number of amides is 1. The first-order valence-electron chi connectivity index (χ1n) is 8.42. The first-order valence-corrected chi connectivity index (χ1v) is 8.42. The van der Waals surface area contributed by atoms with E-state index in [1.54, 1.807) is 12.4 Å². The fraction of sp³-hybridized carbons (Fsp3) is 0.250. The summed E-state index contributed by atoms with van der Waals surface area (Å²) in [6.45, 7) is 4.85. The third-order valence-corrected chi connectivity index (χ3v) is 4.76. The van der Waals surface area contributed by atoms with E-state index in [2.05, 4.69) is 35.9 Å². The number of aryl methyl sites for hydroxylation is 2. The predicted molar refractivity (Wildman–Crippen MR) is 95.6 cm³/mol. The second-order valence-electron chi connectivity index (χ2n) is 6.36. The van der Waals surface area contributed by atoms with Gasteiger partial charge in [-0.3, -0.25) is 9.78 Å². The number of hydrogen-bond acceptors (Lipinski definition) is 4. The molecule has 0 aliphatic carbocycles. The van der Waals surface area contributed by atoms with Crippen LogP contribution in [0.3, 0.4) is 0 Å². The van der Waals surface area contributed by atoms with E-state index < -0.39 is 0 Å². The lowest BCUT2D eigenvalue weighted by molar-refractivity contribution is 0.0980. The van der Waals surface area contributed by atoms with Crippen molar-refractivity contribution in [3.05, 3.63) is 65.3 Å². The highest BCUT2D eigenvalue weighted by molar-refractivity contribution is 6.06. The number of nitrogens with zero attached hydrogens (tertiary/aromatic N) is 3. The van der Waals surface area contributed by atoms with Crippen molar-refractivity contribution in [3.63, 3.8) is 0 Å². The van der Waals surface area contributed by atoms with Crippen LogP contribution in [0.25, 0.3) is 11.5 Å². The number of carbonyl (C=O) groups is 1. The molecule has 3 heterocycles. The van der Waals surface area contributed by atoms with Crippen molar-refractivity contribution in [2.45, 2.75) is 26.7 Å². The standard InChI is InChI=1S/C20H19N3O2/c1-13-7-8-15-6-4-10-23(18(15)14(13)2)20(24)17-12-25-19(22-17)16-5-3-9-21-11-16/h3,5,7-9,11-12H,4,6,10H2,1-2H3. The van der Waals surface area contributed by atoms with Crippen LogP contribution in [-0.2, 0) is 6.42 Å². The van der Waals surface area contributed by atoms with Crippen molar-refractivity contribution in [3.8, 4) is 11.5 Å². The van der Waals surface area contributed by atoms with Gasteiger partial charge >= 0.3 is 0 Å². The largest absolute Gasteiger partial charge is 0.444 e. The lowest BCUT2D eigenvalue weighted by Gasteiger charge is -2.31. The summed E-state index contributed by atoms with van der Waals surface area (Å²) in [6.07, 6.45) is 6.75. The Morgan fingerprint density at radius 2 is 2.12 bits per heavy atom. The third kappa shape index (κ3) is 2.71. The third-order valence-electron chi connectivity index (χ3n) is 4.76. The van der Waals surface area contributed by atoms with Crippen molar-refractivity contribution in [1.29, 1.82) is 0 Å². The van der Waals surface area contributed by atoms with Crippen molar-refractivity contribution in [2.24, 2.45) is 0 Å². The summed E-state index contributed by atoms with van der Waals surface area (Å²) in [4.78, 5) is 23.3. The number of rotatable bonds is 2. The van der Waals surface area contributed by atoms with E-state index in [9.17, 15) is 4.79 Å². The molecule has 5 nitrogen and oxygen atoms in total. The summed E-state index contributed by atoms with van der Waals surface area (Å²) < 4.78 is 5.51. The average molecular weight is 333 g/mol. The minimum atomic E-state index is -0.117. The summed E-state index contributed by atoms with van der Waals surface area (Å²) in [5, 5.41) is 0. The van der Waals surface area contributed by atoms with Crippen molar-refractivity contribution in [1.82, 2.24) is 9.97 Å². The SMILES string of the molecule is Cc1ccc2c(c1C)N(C(=O)c1coc(-c3cccnc3)n1)CCC2. The molecule has 1 amide bonds. The number of pyridine rings is 1. The lowest BCUT2D eigenvalue weighted by atomic mass is 9.95. The molecule has 1 aromatic carbocycles. The number of carbonyl (C=O) groups excluding carboxylic acids is 1. The zero-order chi connectivity index (χ0) is 17.4. The van der Waals surface area contributed by atoms with Gasteiger partial charge in [-0.1, -0.05) is 12.1 Å². The van der Waals surface area contributed by atoms with Crippen LogP contribution in [0.2, 0.25) is 0 Å². The molecule has 1 aliphatic rings. The molecule has 0 radical (unpaired) electrons.